The second kappa shape index (κ2) is 6.73. The van der Waals surface area contributed by atoms with Gasteiger partial charge in [-0.05, 0) is 48.0 Å². The van der Waals surface area contributed by atoms with E-state index in [4.69, 9.17) is 21.6 Å². The Balaban J connectivity index is 1.90. The van der Waals surface area contributed by atoms with Crippen molar-refractivity contribution < 1.29 is 9.50 Å². The first-order valence-corrected chi connectivity index (χ1v) is 8.47. The van der Waals surface area contributed by atoms with Crippen molar-refractivity contribution in [1.29, 1.82) is 0 Å². The topological polar surface area (TPSA) is 45.0 Å². The zero-order valence-corrected chi connectivity index (χ0v) is 14.4. The minimum absolute atomic E-state index is 0.0890. The number of nitrogens with zero attached hydrogens (tertiary/aromatic N) is 2. The van der Waals surface area contributed by atoms with Gasteiger partial charge >= 0.3 is 0 Å². The monoisotopic (exact) mass is 364 g/mol. The molecule has 0 amide bonds. The molecule has 0 fully saturated rings. The van der Waals surface area contributed by atoms with Gasteiger partial charge < -0.3 is 5.11 Å². The molecule has 0 aliphatic carbocycles. The predicted octanol–water partition coefficient (Wildman–Crippen LogP) is 5.83. The van der Waals surface area contributed by atoms with Gasteiger partial charge in [-0.15, -0.1) is 0 Å². The third kappa shape index (κ3) is 3.24. The fraction of sp³-hybridized carbons (Fsp3) is 0.0476. The van der Waals surface area contributed by atoms with Crippen LogP contribution in [0.5, 0.6) is 5.75 Å². The molecule has 3 nitrogen and oxygen atoms in total. The largest absolute Gasteiger partial charge is 0.507 e. The van der Waals surface area contributed by atoms with Crippen molar-refractivity contribution in [3.63, 3.8) is 0 Å². The molecule has 0 aromatic heterocycles. The van der Waals surface area contributed by atoms with Gasteiger partial charge in [-0.3, -0.25) is 9.98 Å². The highest BCUT2D eigenvalue weighted by atomic mass is 35.5. The van der Waals surface area contributed by atoms with Crippen LogP contribution in [0.2, 0.25) is 5.02 Å². The van der Waals surface area contributed by atoms with Crippen molar-refractivity contribution >= 4 is 34.4 Å². The Labute approximate surface area is 155 Å². The average molecular weight is 365 g/mol. The average Bonchev–Trinajstić information content (AvgIpc) is 2.83. The molecule has 0 radical (unpaired) electrons. The highest BCUT2D eigenvalue weighted by Crippen LogP contribution is 2.34. The van der Waals surface area contributed by atoms with Gasteiger partial charge in [0.15, 0.2) is 0 Å². The molecule has 3 aromatic rings. The van der Waals surface area contributed by atoms with Crippen molar-refractivity contribution in [3.8, 4) is 5.75 Å². The molecule has 26 heavy (non-hydrogen) atoms. The molecule has 1 aliphatic rings. The quantitative estimate of drug-likeness (QED) is 0.610. The lowest BCUT2D eigenvalue weighted by Gasteiger charge is -2.10. The van der Waals surface area contributed by atoms with Crippen LogP contribution in [-0.2, 0) is 0 Å². The number of rotatable bonds is 2. The third-order valence-electron chi connectivity index (χ3n) is 4.15. The minimum atomic E-state index is -0.327. The van der Waals surface area contributed by atoms with E-state index >= 15 is 0 Å². The van der Waals surface area contributed by atoms with Crippen molar-refractivity contribution in [1.82, 2.24) is 0 Å². The summed E-state index contributed by atoms with van der Waals surface area (Å²) in [6.45, 7) is 0. The summed E-state index contributed by atoms with van der Waals surface area (Å²) < 4.78 is 13.7. The molecule has 0 saturated heterocycles. The van der Waals surface area contributed by atoms with Gasteiger partial charge in [-0.25, -0.2) is 4.39 Å². The van der Waals surface area contributed by atoms with Gasteiger partial charge in [0.2, 0.25) is 0 Å². The van der Waals surface area contributed by atoms with Gasteiger partial charge in [0, 0.05) is 17.0 Å². The van der Waals surface area contributed by atoms with Gasteiger partial charge in [-0.2, -0.15) is 0 Å². The summed E-state index contributed by atoms with van der Waals surface area (Å²) in [7, 11) is 0. The van der Waals surface area contributed by atoms with Crippen LogP contribution >= 0.6 is 11.6 Å². The van der Waals surface area contributed by atoms with E-state index in [1.165, 1.54) is 18.2 Å². The maximum Gasteiger partial charge on any atom is 0.124 e. The Morgan fingerprint density at radius 3 is 2.31 bits per heavy atom. The number of aliphatic imine (C=N–C) groups is 2. The van der Waals surface area contributed by atoms with Crippen LogP contribution in [0.15, 0.2) is 76.7 Å². The van der Waals surface area contributed by atoms with Crippen LogP contribution in [0.1, 0.15) is 17.5 Å². The van der Waals surface area contributed by atoms with E-state index in [1.807, 2.05) is 30.3 Å². The van der Waals surface area contributed by atoms with E-state index in [-0.39, 0.29) is 11.6 Å². The van der Waals surface area contributed by atoms with Crippen molar-refractivity contribution in [2.24, 2.45) is 9.98 Å². The summed E-state index contributed by atoms with van der Waals surface area (Å²) in [4.78, 5) is 9.40. The van der Waals surface area contributed by atoms with Gasteiger partial charge in [0.1, 0.15) is 11.6 Å². The highest BCUT2D eigenvalue weighted by Gasteiger charge is 2.19. The number of fused-ring (bicyclic) bond motifs is 1. The molecule has 128 valence electrons. The lowest BCUT2D eigenvalue weighted by atomic mass is 9.99. The van der Waals surface area contributed by atoms with Gasteiger partial charge in [0.05, 0.1) is 22.8 Å². The Hall–Kier alpha value is -2.98. The summed E-state index contributed by atoms with van der Waals surface area (Å²) in [6, 6.07) is 18.6. The first-order valence-electron chi connectivity index (χ1n) is 8.09. The summed E-state index contributed by atoms with van der Waals surface area (Å²) in [5, 5.41) is 10.8. The molecule has 1 heterocycles. The fourth-order valence-electron chi connectivity index (χ4n) is 2.91. The van der Waals surface area contributed by atoms with Crippen LogP contribution in [-0.4, -0.2) is 16.5 Å². The maximum absolute atomic E-state index is 13.7. The third-order valence-corrected chi connectivity index (χ3v) is 4.39. The van der Waals surface area contributed by atoms with Crippen LogP contribution in [0.25, 0.3) is 0 Å². The SMILES string of the molecule is Oc1ccc(Cl)cc1C1=Nc2ccccc2N=C(c2cccc(F)c2)C1. The zero-order chi connectivity index (χ0) is 18.1. The van der Waals surface area contributed by atoms with E-state index in [1.54, 1.807) is 18.2 Å². The van der Waals surface area contributed by atoms with Gasteiger partial charge in [-0.1, -0.05) is 35.9 Å². The molecule has 0 spiro atoms. The standard InChI is InChI=1S/C21H14ClFN2O/c22-14-8-9-21(26)16(11-14)20-12-19(13-4-3-5-15(23)10-13)24-17-6-1-2-7-18(17)25-20/h1-11,26H,12H2. The van der Waals surface area contributed by atoms with Crippen LogP contribution in [0, 0.1) is 5.82 Å². The number of aromatic hydroxyl groups is 1. The lowest BCUT2D eigenvalue weighted by molar-refractivity contribution is 0.474. The first-order chi connectivity index (χ1) is 12.6. The number of halogens is 2. The number of hydrogen-bond acceptors (Lipinski definition) is 3. The minimum Gasteiger partial charge on any atom is -0.507 e. The Kier molecular flexibility index (Phi) is 4.27. The molecule has 1 N–H and O–H groups in total. The normalized spacial score (nSPS) is 13.5. The Morgan fingerprint density at radius 1 is 0.846 bits per heavy atom. The second-order valence-corrected chi connectivity index (χ2v) is 6.39. The van der Waals surface area contributed by atoms with E-state index in [0.29, 0.717) is 45.4 Å². The molecular weight excluding hydrogens is 351 g/mol. The Bertz CT molecular complexity index is 1060. The molecule has 3 aromatic carbocycles. The van der Waals surface area contributed by atoms with Crippen LogP contribution < -0.4 is 0 Å². The molecule has 5 heteroatoms. The van der Waals surface area contributed by atoms with Gasteiger partial charge in [0.25, 0.3) is 0 Å². The molecule has 1 aliphatic heterocycles. The highest BCUT2D eigenvalue weighted by molar-refractivity contribution is 6.31. The van der Waals surface area contributed by atoms with Crippen molar-refractivity contribution in [2.45, 2.75) is 6.42 Å². The summed E-state index contributed by atoms with van der Waals surface area (Å²) in [5.41, 5.74) is 3.90. The zero-order valence-electron chi connectivity index (χ0n) is 13.7. The number of phenols is 1. The number of para-hydroxylation sites is 2. The molecule has 0 saturated carbocycles. The van der Waals surface area contributed by atoms with E-state index in [0.717, 1.165) is 0 Å². The van der Waals surface area contributed by atoms with E-state index in [9.17, 15) is 9.50 Å². The molecule has 0 atom stereocenters. The van der Waals surface area contributed by atoms with E-state index in [2.05, 4.69) is 0 Å². The lowest BCUT2D eigenvalue weighted by Crippen LogP contribution is -2.10. The smallest absolute Gasteiger partial charge is 0.124 e. The summed E-state index contributed by atoms with van der Waals surface area (Å²) in [6.07, 6.45) is 0.339. The summed E-state index contributed by atoms with van der Waals surface area (Å²) >= 11 is 6.11. The van der Waals surface area contributed by atoms with Crippen LogP contribution in [0.4, 0.5) is 15.8 Å². The fourth-order valence-corrected chi connectivity index (χ4v) is 3.08. The van der Waals surface area contributed by atoms with E-state index < -0.39 is 0 Å². The number of benzene rings is 3. The van der Waals surface area contributed by atoms with Crippen molar-refractivity contribution in [3.05, 3.63) is 88.7 Å². The molecular formula is C21H14ClFN2O. The molecule has 0 unspecified atom stereocenters. The predicted molar refractivity (Wildman–Crippen MR) is 103 cm³/mol. The number of hydrogen-bond donors (Lipinski definition) is 1. The second-order valence-electron chi connectivity index (χ2n) is 5.95. The van der Waals surface area contributed by atoms with Crippen molar-refractivity contribution in [2.75, 3.05) is 0 Å². The number of phenolic OH excluding ortho intramolecular Hbond substituents is 1. The molecule has 0 bridgehead atoms. The Morgan fingerprint density at radius 2 is 1.58 bits per heavy atom. The summed E-state index contributed by atoms with van der Waals surface area (Å²) in [5.74, 6) is -0.238. The van der Waals surface area contributed by atoms with Crippen LogP contribution in [0.3, 0.4) is 0 Å². The first kappa shape index (κ1) is 16.5. The maximum atomic E-state index is 13.7. The molecule has 4 rings (SSSR count).